The molecule has 0 atom stereocenters. The highest BCUT2D eigenvalue weighted by Gasteiger charge is 2.39. The first kappa shape index (κ1) is 28.9. The van der Waals surface area contributed by atoms with Gasteiger partial charge in [-0.1, -0.05) is 91.1 Å². The molecule has 0 spiro atoms. The van der Waals surface area contributed by atoms with Gasteiger partial charge in [0, 0.05) is 25.3 Å². The Morgan fingerprint density at radius 3 is 2.00 bits per heavy atom. The van der Waals surface area contributed by atoms with Crippen LogP contribution in [-0.4, -0.2) is 36.0 Å². The third-order valence-electron chi connectivity index (χ3n) is 4.34. The smallest absolute Gasteiger partial charge is 0.243 e. The number of hydrogen-bond donors (Lipinski definition) is 2. The van der Waals surface area contributed by atoms with Crippen LogP contribution in [-0.2, 0) is 4.79 Å². The van der Waals surface area contributed by atoms with Crippen molar-refractivity contribution in [3.05, 3.63) is 67.3 Å². The summed E-state index contributed by atoms with van der Waals surface area (Å²) in [6.45, 7) is 22.0. The van der Waals surface area contributed by atoms with Crippen molar-refractivity contribution in [3.8, 4) is 0 Å². The van der Waals surface area contributed by atoms with Crippen molar-refractivity contribution in [2.24, 2.45) is 5.73 Å². The molecule has 1 aliphatic rings. The first-order chi connectivity index (χ1) is 14.1. The van der Waals surface area contributed by atoms with Crippen molar-refractivity contribution in [1.29, 1.82) is 0 Å². The number of anilines is 1. The maximum absolute atomic E-state index is 12.1. The lowest BCUT2D eigenvalue weighted by Crippen LogP contribution is -2.57. The quantitative estimate of drug-likeness (QED) is 0.568. The van der Waals surface area contributed by atoms with Gasteiger partial charge in [0.25, 0.3) is 0 Å². The van der Waals surface area contributed by atoms with Gasteiger partial charge in [-0.25, -0.2) is 0 Å². The summed E-state index contributed by atoms with van der Waals surface area (Å²) in [7, 11) is 0. The van der Waals surface area contributed by atoms with Crippen LogP contribution in [0, 0.1) is 0 Å². The fourth-order valence-electron chi connectivity index (χ4n) is 2.92. The van der Waals surface area contributed by atoms with Crippen molar-refractivity contribution in [2.45, 2.75) is 59.9 Å². The molecule has 1 aliphatic heterocycles. The molecule has 0 saturated carbocycles. The molecule has 29 heavy (non-hydrogen) atoms. The molecule has 4 nitrogen and oxygen atoms in total. The number of amides is 1. The van der Waals surface area contributed by atoms with E-state index in [4.69, 9.17) is 5.73 Å². The molecule has 1 aromatic rings. The molecule has 3 N–H and O–H groups in total. The predicted molar refractivity (Wildman–Crippen MR) is 130 cm³/mol. The number of nitrogens with one attached hydrogen (secondary N) is 1. The van der Waals surface area contributed by atoms with E-state index in [-0.39, 0.29) is 5.91 Å². The topological polar surface area (TPSA) is 58.4 Å². The van der Waals surface area contributed by atoms with E-state index in [0.29, 0.717) is 12.8 Å². The molecule has 0 aromatic heterocycles. The third kappa shape index (κ3) is 10.1. The van der Waals surface area contributed by atoms with E-state index in [1.54, 1.807) is 6.08 Å². The molecule has 4 heteroatoms. The Bertz CT molecular complexity index is 585. The van der Waals surface area contributed by atoms with Gasteiger partial charge in [0.1, 0.15) is 5.54 Å². The summed E-state index contributed by atoms with van der Waals surface area (Å²) in [5, 5.41) is 3.35. The van der Waals surface area contributed by atoms with Gasteiger partial charge in [-0.2, -0.15) is 0 Å². The van der Waals surface area contributed by atoms with Crippen LogP contribution < -0.4 is 11.1 Å². The zero-order valence-electron chi connectivity index (χ0n) is 19.5. The van der Waals surface area contributed by atoms with Crippen LogP contribution in [0.5, 0.6) is 0 Å². The molecule has 2 rings (SSSR count). The van der Waals surface area contributed by atoms with Gasteiger partial charge in [-0.05, 0) is 30.5 Å². The lowest BCUT2D eigenvalue weighted by atomic mass is 9.86. The van der Waals surface area contributed by atoms with Gasteiger partial charge < -0.3 is 11.1 Å². The number of allylic oxidation sites excluding steroid dienone is 2. The van der Waals surface area contributed by atoms with Gasteiger partial charge in [0.15, 0.2) is 0 Å². The highest BCUT2D eigenvalue weighted by molar-refractivity contribution is 5.88. The van der Waals surface area contributed by atoms with Crippen molar-refractivity contribution >= 4 is 11.6 Å². The Kier molecular flexibility index (Phi) is 17.7. The minimum absolute atomic E-state index is 0.286. The normalized spacial score (nSPS) is 15.0. The summed E-state index contributed by atoms with van der Waals surface area (Å²) in [4.78, 5) is 14.4. The van der Waals surface area contributed by atoms with Crippen LogP contribution in [0.4, 0.5) is 5.69 Å². The van der Waals surface area contributed by atoms with E-state index >= 15 is 0 Å². The van der Waals surface area contributed by atoms with E-state index in [2.05, 4.69) is 23.4 Å². The predicted octanol–water partition coefficient (Wildman–Crippen LogP) is 5.80. The molecule has 1 saturated heterocycles. The number of carbonyl (C=O) groups excluding carboxylic acids is 1. The molecule has 1 amide bonds. The average molecular weight is 402 g/mol. The molecular weight excluding hydrogens is 358 g/mol. The van der Waals surface area contributed by atoms with E-state index in [1.165, 1.54) is 0 Å². The summed E-state index contributed by atoms with van der Waals surface area (Å²) in [5.74, 6) is -0.286. The summed E-state index contributed by atoms with van der Waals surface area (Å²) in [5.41, 5.74) is 7.09. The van der Waals surface area contributed by atoms with Crippen LogP contribution in [0.3, 0.4) is 0 Å². The van der Waals surface area contributed by atoms with Gasteiger partial charge in [0.2, 0.25) is 5.91 Å². The van der Waals surface area contributed by atoms with Crippen LogP contribution in [0.25, 0.3) is 0 Å². The Morgan fingerprint density at radius 1 is 1.07 bits per heavy atom. The molecule has 1 fully saturated rings. The summed E-state index contributed by atoms with van der Waals surface area (Å²) >= 11 is 0. The number of para-hydroxylation sites is 1. The second-order valence-corrected chi connectivity index (χ2v) is 5.89. The highest BCUT2D eigenvalue weighted by atomic mass is 16.1. The molecular formula is C25H43N3O. The van der Waals surface area contributed by atoms with Crippen LogP contribution in [0.2, 0.25) is 0 Å². The largest absolute Gasteiger partial charge is 0.371 e. The number of likely N-dealkylation sites (tertiary alicyclic amines) is 1. The lowest BCUT2D eigenvalue weighted by molar-refractivity contribution is -0.123. The number of nitrogens with two attached hydrogens (primary N) is 1. The number of rotatable bonds is 7. The molecule has 0 unspecified atom stereocenters. The van der Waals surface area contributed by atoms with Gasteiger partial charge in [-0.15, -0.1) is 0 Å². The maximum atomic E-state index is 12.1. The molecule has 0 bridgehead atoms. The van der Waals surface area contributed by atoms with Gasteiger partial charge in [0.05, 0.1) is 0 Å². The average Bonchev–Trinajstić information content (AvgIpc) is 2.79. The number of benzene rings is 1. The van der Waals surface area contributed by atoms with Crippen molar-refractivity contribution < 1.29 is 4.79 Å². The van der Waals surface area contributed by atoms with Crippen LogP contribution >= 0.6 is 0 Å². The number of nitrogens with zero attached hydrogens (tertiary/aromatic N) is 1. The third-order valence-corrected chi connectivity index (χ3v) is 4.34. The Balaban J connectivity index is 0. The SMILES string of the molecule is C=C/C=C(\C=C)CN1CCC(Nc2ccccc2)(C(N)=O)CC1.CC.CC.CC. The van der Waals surface area contributed by atoms with E-state index in [9.17, 15) is 4.79 Å². The Morgan fingerprint density at radius 2 is 1.59 bits per heavy atom. The molecule has 0 radical (unpaired) electrons. The Hall–Kier alpha value is -2.33. The molecule has 1 heterocycles. The summed E-state index contributed by atoms with van der Waals surface area (Å²) in [6.07, 6.45) is 6.96. The molecule has 0 aliphatic carbocycles. The van der Waals surface area contributed by atoms with E-state index < -0.39 is 5.54 Å². The van der Waals surface area contributed by atoms with Gasteiger partial charge >= 0.3 is 0 Å². The fraction of sp³-hybridized carbons (Fsp3) is 0.480. The summed E-state index contributed by atoms with van der Waals surface area (Å²) in [6, 6.07) is 9.76. The lowest BCUT2D eigenvalue weighted by Gasteiger charge is -2.41. The number of piperidine rings is 1. The molecule has 1 aromatic carbocycles. The zero-order chi connectivity index (χ0) is 22.7. The van der Waals surface area contributed by atoms with Crippen LogP contribution in [0.15, 0.2) is 67.3 Å². The maximum Gasteiger partial charge on any atom is 0.243 e. The van der Waals surface area contributed by atoms with Crippen molar-refractivity contribution in [2.75, 3.05) is 25.0 Å². The molecule has 164 valence electrons. The van der Waals surface area contributed by atoms with Crippen molar-refractivity contribution in [1.82, 2.24) is 4.90 Å². The van der Waals surface area contributed by atoms with E-state index in [1.807, 2.05) is 84.0 Å². The minimum atomic E-state index is -0.672. The highest BCUT2D eigenvalue weighted by Crippen LogP contribution is 2.27. The standard InChI is InChI=1S/C19H25N3O.3C2H6/c1-3-8-16(4-2)15-22-13-11-19(12-14-22,18(20)23)21-17-9-6-5-7-10-17;3*1-2/h3-10,21H,1-2,11-15H2,(H2,20,23);3*1-2H3/b16-8+;;;. The fourth-order valence-corrected chi connectivity index (χ4v) is 2.92. The second-order valence-electron chi connectivity index (χ2n) is 5.89. The first-order valence-electron chi connectivity index (χ1n) is 10.9. The monoisotopic (exact) mass is 401 g/mol. The number of hydrogen-bond acceptors (Lipinski definition) is 3. The van der Waals surface area contributed by atoms with Gasteiger partial charge in [-0.3, -0.25) is 9.69 Å². The van der Waals surface area contributed by atoms with Crippen molar-refractivity contribution in [3.63, 3.8) is 0 Å². The number of primary amides is 1. The number of carbonyl (C=O) groups is 1. The zero-order valence-corrected chi connectivity index (χ0v) is 19.5. The summed E-state index contributed by atoms with van der Waals surface area (Å²) < 4.78 is 0. The van der Waals surface area contributed by atoms with E-state index in [0.717, 1.165) is 30.9 Å². The second kappa shape index (κ2) is 17.7. The first-order valence-corrected chi connectivity index (χ1v) is 10.9. The minimum Gasteiger partial charge on any atom is -0.371 e. The van der Waals surface area contributed by atoms with Crippen LogP contribution in [0.1, 0.15) is 54.4 Å². The Labute approximate surface area is 179 Å².